The van der Waals surface area contributed by atoms with Gasteiger partial charge in [-0.05, 0) is 42.3 Å². The van der Waals surface area contributed by atoms with Gasteiger partial charge in [-0.15, -0.1) is 0 Å². The summed E-state index contributed by atoms with van der Waals surface area (Å²) in [6, 6.07) is 23.7. The van der Waals surface area contributed by atoms with E-state index >= 15 is 0 Å². The molecule has 0 heterocycles. The van der Waals surface area contributed by atoms with Gasteiger partial charge in [0.1, 0.15) is 18.9 Å². The number of hydrogen-bond donors (Lipinski definition) is 2. The smallest absolute Gasteiger partial charge is 0.407 e. The number of carbonyl (C=O) groups excluding carboxylic acids is 3. The molecule has 0 aromatic heterocycles. The van der Waals surface area contributed by atoms with Crippen LogP contribution in [0.1, 0.15) is 23.8 Å². The third-order valence-corrected chi connectivity index (χ3v) is 8.11. The lowest BCUT2D eigenvalue weighted by atomic mass is 10.2. The number of alkyl carbamates (subject to hydrolysis) is 1. The number of amides is 2. The third kappa shape index (κ3) is 8.45. The zero-order valence-electron chi connectivity index (χ0n) is 20.7. The van der Waals surface area contributed by atoms with Crippen LogP contribution in [0.25, 0.3) is 0 Å². The predicted molar refractivity (Wildman–Crippen MR) is 143 cm³/mol. The van der Waals surface area contributed by atoms with Crippen molar-refractivity contribution in [3.8, 4) is 0 Å². The Hall–Kier alpha value is -3.65. The maximum absolute atomic E-state index is 14.5. The van der Waals surface area contributed by atoms with E-state index < -0.39 is 44.3 Å². The molecule has 0 aliphatic rings. The molecule has 0 saturated heterocycles. The molecule has 0 aliphatic carbocycles. The Morgan fingerprint density at radius 3 is 2.16 bits per heavy atom. The van der Waals surface area contributed by atoms with E-state index in [4.69, 9.17) is 25.6 Å². The van der Waals surface area contributed by atoms with Crippen LogP contribution in [0, 0.1) is 0 Å². The van der Waals surface area contributed by atoms with Gasteiger partial charge in [-0.1, -0.05) is 72.3 Å². The fraction of sp³-hybridized carbons (Fsp3) is 0.222. The minimum Gasteiger partial charge on any atom is -0.464 e. The third-order valence-electron chi connectivity index (χ3n) is 5.23. The summed E-state index contributed by atoms with van der Waals surface area (Å²) in [5.41, 5.74) is 1.26. The highest BCUT2D eigenvalue weighted by Gasteiger charge is 2.39. The normalized spacial score (nSPS) is 13.0. The molecule has 0 fully saturated rings. The molecule has 200 valence electrons. The highest BCUT2D eigenvalue weighted by atomic mass is 35.5. The van der Waals surface area contributed by atoms with E-state index in [2.05, 4.69) is 10.6 Å². The molecule has 0 aliphatic heterocycles. The van der Waals surface area contributed by atoms with Gasteiger partial charge in [0.05, 0.1) is 6.61 Å². The molecule has 0 radical (unpaired) electrons. The molecule has 3 aromatic carbocycles. The van der Waals surface area contributed by atoms with E-state index in [0.717, 1.165) is 5.56 Å². The van der Waals surface area contributed by atoms with E-state index in [1.54, 1.807) is 49.4 Å². The second kappa shape index (κ2) is 14.3. The Morgan fingerprint density at radius 1 is 0.895 bits per heavy atom. The number of halogens is 1. The van der Waals surface area contributed by atoms with Crippen molar-refractivity contribution in [1.82, 2.24) is 10.6 Å². The van der Waals surface area contributed by atoms with Crippen molar-refractivity contribution in [2.45, 2.75) is 19.3 Å². The number of rotatable bonds is 12. The molecule has 0 bridgehead atoms. The zero-order chi connectivity index (χ0) is 27.4. The largest absolute Gasteiger partial charge is 0.464 e. The summed E-state index contributed by atoms with van der Waals surface area (Å²) < 4.78 is 30.2. The molecule has 0 saturated carbocycles. The maximum Gasteiger partial charge on any atom is 0.407 e. The number of ether oxygens (including phenoxy) is 2. The molecule has 0 spiro atoms. The first-order chi connectivity index (χ1) is 18.3. The van der Waals surface area contributed by atoms with Crippen molar-refractivity contribution in [3.05, 3.63) is 101 Å². The fourth-order valence-corrected chi connectivity index (χ4v) is 5.89. The van der Waals surface area contributed by atoms with Crippen LogP contribution in [0.3, 0.4) is 0 Å². The minimum absolute atomic E-state index is 0.0361. The molecule has 2 atom stereocenters. The van der Waals surface area contributed by atoms with Gasteiger partial charge in [0.15, 0.2) is 6.61 Å². The molecule has 38 heavy (non-hydrogen) atoms. The SMILES string of the molecule is CCOC(=O)CO[P@@](=O)(c1ccc(Cl)cc1)[C@H](NC(=O)CNC(=O)OCc1ccccc1)c1ccccc1. The predicted octanol–water partition coefficient (Wildman–Crippen LogP) is 4.56. The van der Waals surface area contributed by atoms with Crippen LogP contribution in [0.2, 0.25) is 5.02 Å². The summed E-state index contributed by atoms with van der Waals surface area (Å²) in [5, 5.41) is 5.71. The van der Waals surface area contributed by atoms with Gasteiger partial charge in [-0.2, -0.15) is 0 Å². The van der Waals surface area contributed by atoms with E-state index in [1.165, 1.54) is 24.3 Å². The Bertz CT molecular complexity index is 1260. The van der Waals surface area contributed by atoms with Crippen molar-refractivity contribution in [3.63, 3.8) is 0 Å². The lowest BCUT2D eigenvalue weighted by Crippen LogP contribution is -2.40. The number of carbonyl (C=O) groups is 3. The molecule has 2 N–H and O–H groups in total. The highest BCUT2D eigenvalue weighted by Crippen LogP contribution is 2.57. The average Bonchev–Trinajstić information content (AvgIpc) is 2.94. The fourth-order valence-electron chi connectivity index (χ4n) is 3.43. The van der Waals surface area contributed by atoms with Crippen LogP contribution in [-0.2, 0) is 34.8 Å². The lowest BCUT2D eigenvalue weighted by molar-refractivity contribution is -0.145. The topological polar surface area (TPSA) is 120 Å². The highest BCUT2D eigenvalue weighted by molar-refractivity contribution is 7.67. The lowest BCUT2D eigenvalue weighted by Gasteiger charge is -2.29. The minimum atomic E-state index is -3.99. The van der Waals surface area contributed by atoms with E-state index in [0.29, 0.717) is 10.6 Å². The molecule has 3 rings (SSSR count). The quantitative estimate of drug-likeness (QED) is 0.247. The summed E-state index contributed by atoms with van der Waals surface area (Å²) in [6.45, 7) is 0.751. The van der Waals surface area contributed by atoms with Gasteiger partial charge >= 0.3 is 12.1 Å². The molecule has 11 heteroatoms. The second-order valence-corrected chi connectivity index (χ2v) is 10.9. The van der Waals surface area contributed by atoms with Gasteiger partial charge in [-0.3, -0.25) is 9.36 Å². The van der Waals surface area contributed by atoms with Gasteiger partial charge in [-0.25, -0.2) is 9.59 Å². The van der Waals surface area contributed by atoms with Gasteiger partial charge in [0.2, 0.25) is 5.91 Å². The molecule has 0 unspecified atom stereocenters. The van der Waals surface area contributed by atoms with E-state index in [1.807, 2.05) is 18.2 Å². The van der Waals surface area contributed by atoms with Gasteiger partial charge in [0, 0.05) is 10.3 Å². The Morgan fingerprint density at radius 2 is 1.53 bits per heavy atom. The molecular formula is C27H28ClN2O7P. The first-order valence-corrected chi connectivity index (χ1v) is 13.8. The zero-order valence-corrected chi connectivity index (χ0v) is 22.3. The first kappa shape index (κ1) is 28.9. The van der Waals surface area contributed by atoms with Crippen LogP contribution in [0.5, 0.6) is 0 Å². The molecule has 9 nitrogen and oxygen atoms in total. The van der Waals surface area contributed by atoms with Crippen LogP contribution >= 0.6 is 19.0 Å². The summed E-state index contributed by atoms with van der Waals surface area (Å²) in [7, 11) is -3.99. The van der Waals surface area contributed by atoms with Crippen molar-refractivity contribution in [1.29, 1.82) is 0 Å². The maximum atomic E-state index is 14.5. The monoisotopic (exact) mass is 558 g/mol. The standard InChI is InChI=1S/C27H28ClN2O7P/c1-2-35-25(32)19-37-38(34,23-15-13-22(28)14-16-23)26(21-11-7-4-8-12-21)30-24(31)17-29-27(33)36-18-20-9-5-3-6-10-20/h3-16,26H,2,17-19H2,1H3,(H,29,33)(H,30,31)/t26-,38-/m0/s1. The van der Waals surface area contributed by atoms with E-state index in [-0.39, 0.29) is 18.5 Å². The van der Waals surface area contributed by atoms with Crippen LogP contribution in [0.4, 0.5) is 4.79 Å². The summed E-state index contributed by atoms with van der Waals surface area (Å²) in [4.78, 5) is 37.1. The van der Waals surface area contributed by atoms with Crippen molar-refractivity contribution in [2.75, 3.05) is 19.8 Å². The molecular weight excluding hydrogens is 531 g/mol. The second-order valence-electron chi connectivity index (χ2n) is 7.95. The summed E-state index contributed by atoms with van der Waals surface area (Å²) in [5.74, 6) is -2.54. The average molecular weight is 559 g/mol. The number of nitrogens with one attached hydrogen (secondary N) is 2. The van der Waals surface area contributed by atoms with Crippen molar-refractivity contribution in [2.24, 2.45) is 0 Å². The van der Waals surface area contributed by atoms with Crippen LogP contribution in [-0.4, -0.2) is 37.7 Å². The van der Waals surface area contributed by atoms with Crippen molar-refractivity contribution >= 4 is 42.2 Å². The van der Waals surface area contributed by atoms with Crippen LogP contribution < -0.4 is 15.9 Å². The van der Waals surface area contributed by atoms with Crippen LogP contribution in [0.15, 0.2) is 84.9 Å². The Labute approximate surface area is 225 Å². The number of benzene rings is 3. The number of hydrogen-bond acceptors (Lipinski definition) is 7. The molecule has 3 aromatic rings. The number of esters is 1. The summed E-state index contributed by atoms with van der Waals surface area (Å²) in [6.07, 6.45) is -0.792. The Balaban J connectivity index is 1.79. The van der Waals surface area contributed by atoms with Crippen molar-refractivity contribution < 1.29 is 32.9 Å². The van der Waals surface area contributed by atoms with E-state index in [9.17, 15) is 18.9 Å². The Kier molecular flexibility index (Phi) is 10.9. The van der Waals surface area contributed by atoms with Gasteiger partial charge < -0.3 is 24.6 Å². The summed E-state index contributed by atoms with van der Waals surface area (Å²) >= 11 is 6.02. The van der Waals surface area contributed by atoms with Gasteiger partial charge in [0.25, 0.3) is 7.37 Å². The molecule has 2 amide bonds. The first-order valence-electron chi connectivity index (χ1n) is 11.8.